The molecule has 1 N–H and O–H groups in total. The van der Waals surface area contributed by atoms with Crippen LogP contribution in [0.5, 0.6) is 0 Å². The molecule has 0 amide bonds. The Morgan fingerprint density at radius 1 is 1.65 bits per heavy atom. The van der Waals surface area contributed by atoms with E-state index in [1.54, 1.807) is 4.68 Å². The van der Waals surface area contributed by atoms with Crippen molar-refractivity contribution in [1.82, 2.24) is 15.1 Å². The Balaban J connectivity index is 2.06. The summed E-state index contributed by atoms with van der Waals surface area (Å²) in [4.78, 5) is 12.4. The van der Waals surface area contributed by atoms with Gasteiger partial charge in [0.05, 0.1) is 12.1 Å². The molecule has 0 aromatic carbocycles. The van der Waals surface area contributed by atoms with Gasteiger partial charge in [0.1, 0.15) is 5.78 Å². The number of nitrogens with one attached hydrogen (secondary N) is 1. The Morgan fingerprint density at radius 3 is 3.00 bits per heavy atom. The maximum atomic E-state index is 12.4. The van der Waals surface area contributed by atoms with Crippen LogP contribution in [0, 0.1) is 5.41 Å². The van der Waals surface area contributed by atoms with Gasteiger partial charge in [-0.25, -0.2) is 0 Å². The van der Waals surface area contributed by atoms with Crippen LogP contribution >= 0.6 is 0 Å². The van der Waals surface area contributed by atoms with Crippen molar-refractivity contribution < 1.29 is 4.79 Å². The summed E-state index contributed by atoms with van der Waals surface area (Å²) in [6.07, 6.45) is 5.40. The van der Waals surface area contributed by atoms with Gasteiger partial charge in [-0.3, -0.25) is 9.48 Å². The fourth-order valence-electron chi connectivity index (χ4n) is 2.72. The van der Waals surface area contributed by atoms with Crippen molar-refractivity contribution in [3.05, 3.63) is 18.0 Å². The standard InChI is InChI=1S/C13H21N3O/c1-3-5-13(6-7-14-10-13)12(17)9-11-4-8-16(2)15-11/h4,8,14H,3,5-7,9-10H2,1-2H3. The number of Topliss-reactive ketones (excluding diaryl/α,β-unsaturated/α-hetero) is 1. The summed E-state index contributed by atoms with van der Waals surface area (Å²) in [5.41, 5.74) is 0.756. The number of rotatable bonds is 5. The monoisotopic (exact) mass is 235 g/mol. The number of hydrogen-bond acceptors (Lipinski definition) is 3. The first-order chi connectivity index (χ1) is 8.16. The predicted octanol–water partition coefficient (Wildman–Crippen LogP) is 1.31. The minimum Gasteiger partial charge on any atom is -0.316 e. The lowest BCUT2D eigenvalue weighted by Gasteiger charge is -2.25. The van der Waals surface area contributed by atoms with Gasteiger partial charge in [-0.05, 0) is 25.5 Å². The van der Waals surface area contributed by atoms with Gasteiger partial charge in [0.15, 0.2) is 0 Å². The van der Waals surface area contributed by atoms with Crippen LogP contribution in [-0.4, -0.2) is 28.7 Å². The molecule has 0 aliphatic carbocycles. The third-order valence-electron chi connectivity index (χ3n) is 3.67. The third kappa shape index (κ3) is 2.57. The lowest BCUT2D eigenvalue weighted by molar-refractivity contribution is -0.127. The molecular weight excluding hydrogens is 214 g/mol. The molecule has 4 heteroatoms. The molecule has 1 aromatic heterocycles. The molecule has 1 aromatic rings. The van der Waals surface area contributed by atoms with Crippen LogP contribution in [0.1, 0.15) is 31.9 Å². The van der Waals surface area contributed by atoms with Crippen molar-refractivity contribution >= 4 is 5.78 Å². The summed E-state index contributed by atoms with van der Waals surface area (Å²) in [5.74, 6) is 0.350. The number of carbonyl (C=O) groups is 1. The number of ketones is 1. The van der Waals surface area contributed by atoms with Crippen LogP contribution in [-0.2, 0) is 18.3 Å². The SMILES string of the molecule is CCCC1(C(=O)Cc2ccn(C)n2)CCNC1. The number of aromatic nitrogens is 2. The van der Waals surface area contributed by atoms with E-state index in [2.05, 4.69) is 17.3 Å². The van der Waals surface area contributed by atoms with Crippen LogP contribution in [0.3, 0.4) is 0 Å². The second-order valence-electron chi connectivity index (χ2n) is 5.04. The number of hydrogen-bond donors (Lipinski definition) is 1. The van der Waals surface area contributed by atoms with E-state index in [-0.39, 0.29) is 5.41 Å². The fourth-order valence-corrected chi connectivity index (χ4v) is 2.72. The molecule has 0 spiro atoms. The van der Waals surface area contributed by atoms with Gasteiger partial charge in [0.2, 0.25) is 0 Å². The minimum absolute atomic E-state index is 0.133. The van der Waals surface area contributed by atoms with Crippen LogP contribution < -0.4 is 5.32 Å². The average Bonchev–Trinajstić information content (AvgIpc) is 2.89. The molecule has 2 rings (SSSR count). The molecule has 1 fully saturated rings. The Kier molecular flexibility index (Phi) is 3.62. The minimum atomic E-state index is -0.133. The lowest BCUT2D eigenvalue weighted by atomic mass is 9.77. The van der Waals surface area contributed by atoms with Gasteiger partial charge in [0.25, 0.3) is 0 Å². The highest BCUT2D eigenvalue weighted by atomic mass is 16.1. The van der Waals surface area contributed by atoms with Gasteiger partial charge in [-0.15, -0.1) is 0 Å². The average molecular weight is 235 g/mol. The predicted molar refractivity (Wildman–Crippen MR) is 66.7 cm³/mol. The normalized spacial score (nSPS) is 24.1. The van der Waals surface area contributed by atoms with Crippen LogP contribution in [0.2, 0.25) is 0 Å². The first kappa shape index (κ1) is 12.3. The molecule has 1 aliphatic rings. The summed E-state index contributed by atoms with van der Waals surface area (Å²) >= 11 is 0. The molecule has 17 heavy (non-hydrogen) atoms. The smallest absolute Gasteiger partial charge is 0.146 e. The van der Waals surface area contributed by atoms with E-state index >= 15 is 0 Å². The lowest BCUT2D eigenvalue weighted by Crippen LogP contribution is -2.34. The van der Waals surface area contributed by atoms with Crippen molar-refractivity contribution in [2.45, 2.75) is 32.6 Å². The third-order valence-corrected chi connectivity index (χ3v) is 3.67. The maximum absolute atomic E-state index is 12.4. The molecule has 94 valence electrons. The number of carbonyl (C=O) groups excluding carboxylic acids is 1. The number of nitrogens with zero attached hydrogens (tertiary/aromatic N) is 2. The zero-order valence-corrected chi connectivity index (χ0v) is 10.7. The van der Waals surface area contributed by atoms with Crippen LogP contribution in [0.15, 0.2) is 12.3 Å². The van der Waals surface area contributed by atoms with Crippen molar-refractivity contribution in [2.75, 3.05) is 13.1 Å². The second-order valence-corrected chi connectivity index (χ2v) is 5.04. The Bertz CT molecular complexity index is 391. The molecule has 2 heterocycles. The van der Waals surface area contributed by atoms with Crippen LogP contribution in [0.4, 0.5) is 0 Å². The van der Waals surface area contributed by atoms with E-state index in [1.165, 1.54) is 0 Å². The molecule has 4 nitrogen and oxygen atoms in total. The highest BCUT2D eigenvalue weighted by Crippen LogP contribution is 2.33. The molecule has 1 unspecified atom stereocenters. The van der Waals surface area contributed by atoms with Crippen molar-refractivity contribution in [3.63, 3.8) is 0 Å². The Labute approximate surface area is 102 Å². The first-order valence-corrected chi connectivity index (χ1v) is 6.39. The zero-order valence-electron chi connectivity index (χ0n) is 10.7. The quantitative estimate of drug-likeness (QED) is 0.837. The summed E-state index contributed by atoms with van der Waals surface area (Å²) in [5, 5.41) is 7.61. The van der Waals surface area contributed by atoms with E-state index in [0.29, 0.717) is 12.2 Å². The molecule has 1 aliphatic heterocycles. The van der Waals surface area contributed by atoms with Crippen molar-refractivity contribution in [3.8, 4) is 0 Å². The van der Waals surface area contributed by atoms with Crippen molar-refractivity contribution in [2.24, 2.45) is 12.5 Å². The topological polar surface area (TPSA) is 46.9 Å². The first-order valence-electron chi connectivity index (χ1n) is 6.39. The summed E-state index contributed by atoms with van der Waals surface area (Å²) in [7, 11) is 1.88. The van der Waals surface area contributed by atoms with Crippen LogP contribution in [0.25, 0.3) is 0 Å². The van der Waals surface area contributed by atoms with E-state index < -0.39 is 0 Å². The largest absolute Gasteiger partial charge is 0.316 e. The highest BCUT2D eigenvalue weighted by Gasteiger charge is 2.39. The summed E-state index contributed by atoms with van der Waals surface area (Å²) < 4.78 is 1.75. The van der Waals surface area contributed by atoms with Gasteiger partial charge in [-0.1, -0.05) is 13.3 Å². The molecule has 0 saturated carbocycles. The molecule has 1 atom stereocenters. The second kappa shape index (κ2) is 5.00. The zero-order chi connectivity index (χ0) is 12.3. The molecule has 1 saturated heterocycles. The van der Waals surface area contributed by atoms with E-state index in [4.69, 9.17) is 0 Å². The van der Waals surface area contributed by atoms with E-state index in [1.807, 2.05) is 19.3 Å². The fraction of sp³-hybridized carbons (Fsp3) is 0.692. The van der Waals surface area contributed by atoms with Gasteiger partial charge in [-0.2, -0.15) is 5.10 Å². The molecule has 0 radical (unpaired) electrons. The van der Waals surface area contributed by atoms with Gasteiger partial charge in [0, 0.05) is 25.2 Å². The highest BCUT2D eigenvalue weighted by molar-refractivity contribution is 5.87. The molecule has 0 bridgehead atoms. The Hall–Kier alpha value is -1.16. The molecular formula is C13H21N3O. The van der Waals surface area contributed by atoms with Gasteiger partial charge >= 0.3 is 0 Å². The summed E-state index contributed by atoms with van der Waals surface area (Å²) in [6, 6.07) is 1.93. The van der Waals surface area contributed by atoms with E-state index in [0.717, 1.165) is 38.0 Å². The summed E-state index contributed by atoms with van der Waals surface area (Å²) in [6.45, 7) is 3.95. The van der Waals surface area contributed by atoms with Gasteiger partial charge < -0.3 is 5.32 Å². The number of aryl methyl sites for hydroxylation is 1. The Morgan fingerprint density at radius 2 is 2.47 bits per heavy atom. The van der Waals surface area contributed by atoms with E-state index in [9.17, 15) is 4.79 Å². The van der Waals surface area contributed by atoms with Crippen molar-refractivity contribution in [1.29, 1.82) is 0 Å². The maximum Gasteiger partial charge on any atom is 0.146 e.